The first kappa shape index (κ1) is 10.7. The minimum atomic E-state index is 0.601. The van der Waals surface area contributed by atoms with Crippen molar-refractivity contribution in [2.75, 3.05) is 6.54 Å². The molecule has 1 unspecified atom stereocenters. The van der Waals surface area contributed by atoms with Crippen LogP contribution in [0.25, 0.3) is 0 Å². The van der Waals surface area contributed by atoms with Crippen LogP contribution >= 0.6 is 0 Å². The van der Waals surface area contributed by atoms with Gasteiger partial charge in [-0.1, -0.05) is 39.0 Å². The number of nitrogens with one attached hydrogen (secondary N) is 1. The van der Waals surface area contributed by atoms with Gasteiger partial charge in [-0.05, 0) is 42.0 Å². The second kappa shape index (κ2) is 4.36. The summed E-state index contributed by atoms with van der Waals surface area (Å²) in [7, 11) is 0. The Labute approximate surface area is 92.9 Å². The van der Waals surface area contributed by atoms with Crippen LogP contribution < -0.4 is 5.32 Å². The molecule has 1 aromatic rings. The Morgan fingerprint density at radius 1 is 1.40 bits per heavy atom. The Kier molecular flexibility index (Phi) is 3.11. The van der Waals surface area contributed by atoms with E-state index in [0.29, 0.717) is 12.0 Å². The first-order valence-corrected chi connectivity index (χ1v) is 6.08. The number of hydrogen-bond acceptors (Lipinski definition) is 1. The van der Waals surface area contributed by atoms with E-state index in [4.69, 9.17) is 0 Å². The van der Waals surface area contributed by atoms with Crippen LogP contribution in [0.1, 0.15) is 55.8 Å². The third kappa shape index (κ3) is 2.07. The molecule has 0 fully saturated rings. The molecule has 0 heterocycles. The second-order valence-electron chi connectivity index (χ2n) is 4.76. The largest absolute Gasteiger partial charge is 0.310 e. The van der Waals surface area contributed by atoms with Crippen LogP contribution in [0.3, 0.4) is 0 Å². The Bertz CT molecular complexity index is 339. The van der Waals surface area contributed by atoms with Crippen molar-refractivity contribution in [3.8, 4) is 0 Å². The van der Waals surface area contributed by atoms with Gasteiger partial charge in [-0.15, -0.1) is 0 Å². The summed E-state index contributed by atoms with van der Waals surface area (Å²) in [6, 6.07) is 7.61. The van der Waals surface area contributed by atoms with Gasteiger partial charge >= 0.3 is 0 Å². The average Bonchev–Trinajstić information content (AvgIpc) is 2.61. The van der Waals surface area contributed by atoms with Crippen LogP contribution in [-0.4, -0.2) is 6.54 Å². The van der Waals surface area contributed by atoms with E-state index in [0.717, 1.165) is 6.54 Å². The van der Waals surface area contributed by atoms with Crippen molar-refractivity contribution in [1.29, 1.82) is 0 Å². The molecule has 0 saturated carbocycles. The Balaban J connectivity index is 2.29. The van der Waals surface area contributed by atoms with Gasteiger partial charge in [0.15, 0.2) is 0 Å². The van der Waals surface area contributed by atoms with E-state index in [2.05, 4.69) is 44.3 Å². The molecule has 1 heteroatoms. The molecule has 1 aliphatic carbocycles. The van der Waals surface area contributed by atoms with Crippen LogP contribution in [0.5, 0.6) is 0 Å². The predicted molar refractivity (Wildman–Crippen MR) is 65.3 cm³/mol. The molecule has 1 nitrogen and oxygen atoms in total. The molecular weight excluding hydrogens is 182 g/mol. The van der Waals surface area contributed by atoms with Gasteiger partial charge in [-0.2, -0.15) is 0 Å². The summed E-state index contributed by atoms with van der Waals surface area (Å²) in [5.74, 6) is 0.637. The molecule has 0 saturated heterocycles. The number of fused-ring (bicyclic) bond motifs is 1. The van der Waals surface area contributed by atoms with E-state index in [1.807, 2.05) is 0 Å². The van der Waals surface area contributed by atoms with Gasteiger partial charge in [0.05, 0.1) is 0 Å². The topological polar surface area (TPSA) is 12.0 Å². The highest BCUT2D eigenvalue weighted by Crippen LogP contribution is 2.33. The van der Waals surface area contributed by atoms with Crippen molar-refractivity contribution in [2.45, 2.75) is 45.6 Å². The normalized spacial score (nSPS) is 19.6. The fourth-order valence-corrected chi connectivity index (χ4v) is 2.44. The van der Waals surface area contributed by atoms with Gasteiger partial charge < -0.3 is 5.32 Å². The SMILES string of the molecule is CCNC1CCc2ccc(C(C)C)cc21. The molecule has 1 aromatic carbocycles. The van der Waals surface area contributed by atoms with E-state index < -0.39 is 0 Å². The maximum Gasteiger partial charge on any atom is 0.0326 e. The first-order chi connectivity index (χ1) is 7.22. The zero-order valence-corrected chi connectivity index (χ0v) is 10.0. The molecule has 1 aliphatic rings. The van der Waals surface area contributed by atoms with Crippen LogP contribution in [0.2, 0.25) is 0 Å². The summed E-state index contributed by atoms with van der Waals surface area (Å²) in [4.78, 5) is 0. The van der Waals surface area contributed by atoms with Gasteiger partial charge in [0.1, 0.15) is 0 Å². The molecule has 0 aliphatic heterocycles. The summed E-state index contributed by atoms with van der Waals surface area (Å²) in [6.45, 7) is 7.78. The standard InChI is InChI=1S/C14H21N/c1-4-15-14-8-7-11-5-6-12(10(2)3)9-13(11)14/h5-6,9-10,14-15H,4,7-8H2,1-3H3. The zero-order valence-electron chi connectivity index (χ0n) is 10.0. The Morgan fingerprint density at radius 3 is 2.87 bits per heavy atom. The van der Waals surface area contributed by atoms with Crippen molar-refractivity contribution in [3.05, 3.63) is 34.9 Å². The third-order valence-corrected chi connectivity index (χ3v) is 3.36. The molecule has 15 heavy (non-hydrogen) atoms. The summed E-state index contributed by atoms with van der Waals surface area (Å²) >= 11 is 0. The van der Waals surface area contributed by atoms with Gasteiger partial charge in [-0.3, -0.25) is 0 Å². The third-order valence-electron chi connectivity index (χ3n) is 3.36. The van der Waals surface area contributed by atoms with Crippen LogP contribution in [0.4, 0.5) is 0 Å². The summed E-state index contributed by atoms with van der Waals surface area (Å²) < 4.78 is 0. The maximum atomic E-state index is 3.57. The molecule has 1 atom stereocenters. The zero-order chi connectivity index (χ0) is 10.8. The lowest BCUT2D eigenvalue weighted by Gasteiger charge is -2.14. The highest BCUT2D eigenvalue weighted by Gasteiger charge is 2.21. The van der Waals surface area contributed by atoms with E-state index in [9.17, 15) is 0 Å². The smallest absolute Gasteiger partial charge is 0.0326 e. The minimum Gasteiger partial charge on any atom is -0.310 e. The number of rotatable bonds is 3. The second-order valence-corrected chi connectivity index (χ2v) is 4.76. The van der Waals surface area contributed by atoms with Crippen molar-refractivity contribution >= 4 is 0 Å². The minimum absolute atomic E-state index is 0.601. The Morgan fingerprint density at radius 2 is 2.20 bits per heavy atom. The molecule has 2 rings (SSSR count). The monoisotopic (exact) mass is 203 g/mol. The molecule has 0 radical (unpaired) electrons. The van der Waals surface area contributed by atoms with Crippen LogP contribution in [0.15, 0.2) is 18.2 Å². The quantitative estimate of drug-likeness (QED) is 0.794. The van der Waals surface area contributed by atoms with Crippen molar-refractivity contribution in [1.82, 2.24) is 5.32 Å². The van der Waals surface area contributed by atoms with Gasteiger partial charge in [0.25, 0.3) is 0 Å². The summed E-state index contributed by atoms with van der Waals surface area (Å²) in [5.41, 5.74) is 4.56. The molecule has 0 amide bonds. The Hall–Kier alpha value is -0.820. The lowest BCUT2D eigenvalue weighted by atomic mass is 9.97. The molecule has 0 spiro atoms. The molecule has 0 aromatic heterocycles. The van der Waals surface area contributed by atoms with Gasteiger partial charge in [0.2, 0.25) is 0 Å². The number of benzene rings is 1. The van der Waals surface area contributed by atoms with E-state index in [1.165, 1.54) is 18.4 Å². The summed E-state index contributed by atoms with van der Waals surface area (Å²) in [5, 5.41) is 3.57. The van der Waals surface area contributed by atoms with Crippen molar-refractivity contribution < 1.29 is 0 Å². The maximum absolute atomic E-state index is 3.57. The van der Waals surface area contributed by atoms with Gasteiger partial charge in [-0.25, -0.2) is 0 Å². The average molecular weight is 203 g/mol. The highest BCUT2D eigenvalue weighted by atomic mass is 14.9. The van der Waals surface area contributed by atoms with E-state index in [-0.39, 0.29) is 0 Å². The van der Waals surface area contributed by atoms with E-state index >= 15 is 0 Å². The van der Waals surface area contributed by atoms with Crippen LogP contribution in [0, 0.1) is 0 Å². The van der Waals surface area contributed by atoms with E-state index in [1.54, 1.807) is 11.1 Å². The van der Waals surface area contributed by atoms with Gasteiger partial charge in [0, 0.05) is 6.04 Å². The lowest BCUT2D eigenvalue weighted by molar-refractivity contribution is 0.549. The van der Waals surface area contributed by atoms with Crippen molar-refractivity contribution in [2.24, 2.45) is 0 Å². The summed E-state index contributed by atoms with van der Waals surface area (Å²) in [6.07, 6.45) is 2.51. The molecular formula is C14H21N. The number of hydrogen-bond donors (Lipinski definition) is 1. The number of aryl methyl sites for hydroxylation is 1. The fourth-order valence-electron chi connectivity index (χ4n) is 2.44. The lowest BCUT2D eigenvalue weighted by Crippen LogP contribution is -2.18. The first-order valence-electron chi connectivity index (χ1n) is 6.08. The molecule has 82 valence electrons. The highest BCUT2D eigenvalue weighted by molar-refractivity contribution is 5.39. The molecule has 1 N–H and O–H groups in total. The molecule has 0 bridgehead atoms. The predicted octanol–water partition coefficient (Wildman–Crippen LogP) is 3.41. The van der Waals surface area contributed by atoms with Crippen molar-refractivity contribution in [3.63, 3.8) is 0 Å². The van der Waals surface area contributed by atoms with Crippen LogP contribution in [-0.2, 0) is 6.42 Å². The fraction of sp³-hybridized carbons (Fsp3) is 0.571.